The Kier molecular flexibility index (Phi) is 4.85. The smallest absolute Gasteiger partial charge is 0.387 e. The molecule has 6 nitrogen and oxygen atoms in total. The van der Waals surface area contributed by atoms with E-state index in [1.54, 1.807) is 24.3 Å². The number of hydrogen-bond donors (Lipinski definition) is 1. The van der Waals surface area contributed by atoms with E-state index in [4.69, 9.17) is 5.73 Å². The summed E-state index contributed by atoms with van der Waals surface area (Å²) in [4.78, 5) is 0. The van der Waals surface area contributed by atoms with Crippen LogP contribution in [0, 0.1) is 0 Å². The van der Waals surface area contributed by atoms with Crippen molar-refractivity contribution in [1.29, 1.82) is 0 Å². The second-order valence-corrected chi connectivity index (χ2v) is 8.87. The van der Waals surface area contributed by atoms with Crippen LogP contribution in [0.3, 0.4) is 0 Å². The topological polar surface area (TPSA) is 77.6 Å². The highest BCUT2D eigenvalue weighted by atomic mass is 32.2. The maximum absolute atomic E-state index is 12.6. The number of fused-ring (bicyclic) bond motifs is 1. The number of nitrogen functional groups attached to an aromatic ring is 1. The van der Waals surface area contributed by atoms with Gasteiger partial charge in [-0.1, -0.05) is 12.1 Å². The van der Waals surface area contributed by atoms with Crippen LogP contribution in [-0.4, -0.2) is 31.9 Å². The van der Waals surface area contributed by atoms with E-state index < -0.39 is 16.6 Å². The number of benzene rings is 2. The van der Waals surface area contributed by atoms with Crippen molar-refractivity contribution in [3.05, 3.63) is 42.5 Å². The summed E-state index contributed by atoms with van der Waals surface area (Å²) in [6, 6.07) is 11.9. The maximum Gasteiger partial charge on any atom is 0.387 e. The molecule has 0 atom stereocenters. The Morgan fingerprint density at radius 1 is 1.17 bits per heavy atom. The molecule has 154 valence electrons. The first-order chi connectivity index (χ1) is 13.8. The number of rotatable bonds is 5. The second kappa shape index (κ2) is 7.22. The van der Waals surface area contributed by atoms with Gasteiger partial charge in [0.2, 0.25) is 10.0 Å². The SMILES string of the molecule is CCn1c(-c2ccc(N3CCCS3(=O)=O)cc2)c(N)c2ccc(OC(F)F)cc21. The molecule has 0 bridgehead atoms. The Labute approximate surface area is 167 Å². The zero-order valence-electron chi connectivity index (χ0n) is 15.8. The van der Waals surface area contributed by atoms with Gasteiger partial charge in [-0.3, -0.25) is 4.31 Å². The van der Waals surface area contributed by atoms with Crippen LogP contribution < -0.4 is 14.8 Å². The van der Waals surface area contributed by atoms with Gasteiger partial charge in [0.15, 0.2) is 0 Å². The Balaban J connectivity index is 1.78. The van der Waals surface area contributed by atoms with Crippen LogP contribution in [0.4, 0.5) is 20.2 Å². The highest BCUT2D eigenvalue weighted by Gasteiger charge is 2.28. The number of alkyl halides is 2. The van der Waals surface area contributed by atoms with Crippen molar-refractivity contribution in [1.82, 2.24) is 4.57 Å². The zero-order chi connectivity index (χ0) is 20.8. The van der Waals surface area contributed by atoms with Crippen LogP contribution in [0.1, 0.15) is 13.3 Å². The van der Waals surface area contributed by atoms with E-state index in [0.717, 1.165) is 16.6 Å². The third-order valence-electron chi connectivity index (χ3n) is 5.14. The summed E-state index contributed by atoms with van der Waals surface area (Å²) in [6.45, 7) is 0.0903. The number of aromatic nitrogens is 1. The number of hydrogen-bond acceptors (Lipinski definition) is 4. The molecule has 0 radical (unpaired) electrons. The van der Waals surface area contributed by atoms with E-state index in [-0.39, 0.29) is 11.5 Å². The van der Waals surface area contributed by atoms with E-state index >= 15 is 0 Å². The van der Waals surface area contributed by atoms with Gasteiger partial charge >= 0.3 is 6.61 Å². The summed E-state index contributed by atoms with van der Waals surface area (Å²) < 4.78 is 57.3. The summed E-state index contributed by atoms with van der Waals surface area (Å²) >= 11 is 0. The molecular formula is C20H21F2N3O3S. The molecule has 1 aromatic heterocycles. The molecule has 0 aliphatic carbocycles. The Morgan fingerprint density at radius 3 is 2.48 bits per heavy atom. The van der Waals surface area contributed by atoms with Crippen molar-refractivity contribution in [3.8, 4) is 17.0 Å². The molecule has 3 aromatic rings. The Morgan fingerprint density at radius 2 is 1.90 bits per heavy atom. The fourth-order valence-electron chi connectivity index (χ4n) is 3.89. The Bertz CT molecular complexity index is 1160. The zero-order valence-corrected chi connectivity index (χ0v) is 16.6. The molecule has 0 amide bonds. The molecule has 29 heavy (non-hydrogen) atoms. The fraction of sp³-hybridized carbons (Fsp3) is 0.300. The molecule has 2 N–H and O–H groups in total. The van der Waals surface area contributed by atoms with Gasteiger partial charge < -0.3 is 15.0 Å². The van der Waals surface area contributed by atoms with Gasteiger partial charge in [-0.2, -0.15) is 8.78 Å². The lowest BCUT2D eigenvalue weighted by atomic mass is 10.1. The van der Waals surface area contributed by atoms with Gasteiger partial charge in [-0.15, -0.1) is 0 Å². The van der Waals surface area contributed by atoms with E-state index in [1.165, 1.54) is 10.4 Å². The number of anilines is 2. The van der Waals surface area contributed by atoms with Crippen LogP contribution in [0.25, 0.3) is 22.2 Å². The molecule has 4 rings (SSSR count). The van der Waals surface area contributed by atoms with E-state index in [0.29, 0.717) is 36.4 Å². The number of nitrogens with two attached hydrogens (primary N) is 1. The van der Waals surface area contributed by atoms with Gasteiger partial charge in [0.1, 0.15) is 5.75 Å². The van der Waals surface area contributed by atoms with Crippen LogP contribution in [0.2, 0.25) is 0 Å². The molecule has 1 aliphatic heterocycles. The van der Waals surface area contributed by atoms with Crippen molar-refractivity contribution >= 4 is 32.3 Å². The lowest BCUT2D eigenvalue weighted by Gasteiger charge is -2.17. The van der Waals surface area contributed by atoms with Crippen molar-refractivity contribution in [2.45, 2.75) is 26.5 Å². The van der Waals surface area contributed by atoms with Crippen molar-refractivity contribution in [2.24, 2.45) is 0 Å². The summed E-state index contributed by atoms with van der Waals surface area (Å²) in [5.41, 5.74) is 9.81. The number of ether oxygens (including phenoxy) is 1. The van der Waals surface area contributed by atoms with E-state index in [2.05, 4.69) is 4.74 Å². The van der Waals surface area contributed by atoms with Gasteiger partial charge in [0, 0.05) is 30.1 Å². The number of sulfonamides is 1. The summed E-state index contributed by atoms with van der Waals surface area (Å²) in [5, 5.41) is 0.745. The predicted octanol–water partition coefficient (Wildman–Crippen LogP) is 4.05. The predicted molar refractivity (Wildman–Crippen MR) is 110 cm³/mol. The standard InChI is InChI=1S/C20H21F2N3O3S/c1-2-24-17-12-15(28-20(21)22)8-9-16(17)18(23)19(24)13-4-6-14(7-5-13)25-10-3-11-29(25,26)27/h4-9,12,20H,2-3,10-11,23H2,1H3. The maximum atomic E-state index is 12.6. The lowest BCUT2D eigenvalue weighted by molar-refractivity contribution is -0.0497. The van der Waals surface area contributed by atoms with Crippen LogP contribution in [0.15, 0.2) is 42.5 Å². The molecule has 2 aromatic carbocycles. The molecule has 1 saturated heterocycles. The molecule has 0 saturated carbocycles. The van der Waals surface area contributed by atoms with E-state index in [1.807, 2.05) is 23.6 Å². The fourth-order valence-corrected chi connectivity index (χ4v) is 5.45. The minimum absolute atomic E-state index is 0.0702. The average Bonchev–Trinajstić information content (AvgIpc) is 3.17. The Hall–Kier alpha value is -2.81. The third kappa shape index (κ3) is 3.39. The highest BCUT2D eigenvalue weighted by molar-refractivity contribution is 7.93. The molecule has 1 aliphatic rings. The third-order valence-corrected chi connectivity index (χ3v) is 7.01. The van der Waals surface area contributed by atoms with E-state index in [9.17, 15) is 17.2 Å². The van der Waals surface area contributed by atoms with Gasteiger partial charge in [0.05, 0.1) is 28.3 Å². The minimum atomic E-state index is -3.25. The number of halogens is 2. The number of aryl methyl sites for hydroxylation is 1. The molecule has 2 heterocycles. The first-order valence-electron chi connectivity index (χ1n) is 9.29. The van der Waals surface area contributed by atoms with Gasteiger partial charge in [-0.05, 0) is 37.6 Å². The molecule has 0 spiro atoms. The summed E-state index contributed by atoms with van der Waals surface area (Å²) in [6.07, 6.45) is 0.615. The van der Waals surface area contributed by atoms with Gasteiger partial charge in [-0.25, -0.2) is 8.42 Å². The first-order valence-corrected chi connectivity index (χ1v) is 10.9. The second-order valence-electron chi connectivity index (χ2n) is 6.85. The highest BCUT2D eigenvalue weighted by Crippen LogP contribution is 2.38. The summed E-state index contributed by atoms with van der Waals surface area (Å²) in [7, 11) is -3.25. The van der Waals surface area contributed by atoms with Crippen molar-refractivity contribution in [3.63, 3.8) is 0 Å². The van der Waals surface area contributed by atoms with Crippen molar-refractivity contribution in [2.75, 3.05) is 22.3 Å². The molecule has 9 heteroatoms. The molecule has 1 fully saturated rings. The lowest BCUT2D eigenvalue weighted by Crippen LogP contribution is -2.24. The van der Waals surface area contributed by atoms with Crippen LogP contribution >= 0.6 is 0 Å². The largest absolute Gasteiger partial charge is 0.435 e. The monoisotopic (exact) mass is 421 g/mol. The average molecular weight is 421 g/mol. The number of nitrogens with zero attached hydrogens (tertiary/aromatic N) is 2. The normalized spacial score (nSPS) is 16.1. The van der Waals surface area contributed by atoms with Crippen LogP contribution in [-0.2, 0) is 16.6 Å². The summed E-state index contributed by atoms with van der Waals surface area (Å²) in [5.74, 6) is 0.232. The van der Waals surface area contributed by atoms with Crippen molar-refractivity contribution < 1.29 is 21.9 Å². The first kappa shape index (κ1) is 19.5. The van der Waals surface area contributed by atoms with Crippen LogP contribution in [0.5, 0.6) is 5.75 Å². The van der Waals surface area contributed by atoms with Gasteiger partial charge in [0.25, 0.3) is 0 Å². The molecular weight excluding hydrogens is 400 g/mol. The molecule has 0 unspecified atom stereocenters. The quantitative estimate of drug-likeness (QED) is 0.674. The minimum Gasteiger partial charge on any atom is -0.435 e.